The third-order valence-electron chi connectivity index (χ3n) is 2.39. The predicted molar refractivity (Wildman–Crippen MR) is 72.4 cm³/mol. The normalized spacial score (nSPS) is 13.1. The highest BCUT2D eigenvalue weighted by Gasteiger charge is 2.23. The zero-order chi connectivity index (χ0) is 13.8. The maximum Gasteiger partial charge on any atom is 0.239 e. The van der Waals surface area contributed by atoms with Crippen LogP contribution in [0.25, 0.3) is 0 Å². The van der Waals surface area contributed by atoms with Crippen LogP contribution in [0.1, 0.15) is 6.92 Å². The smallest absolute Gasteiger partial charge is 0.239 e. The number of nitrogens with one attached hydrogen (secondary N) is 1. The van der Waals surface area contributed by atoms with Gasteiger partial charge in [-0.25, -0.2) is 8.42 Å². The number of carbonyl (C=O) groups is 1. The Labute approximate surface area is 111 Å². The third kappa shape index (κ3) is 4.29. The van der Waals surface area contributed by atoms with Crippen LogP contribution in [-0.2, 0) is 14.6 Å². The Kier molecular flexibility index (Phi) is 5.13. The van der Waals surface area contributed by atoms with E-state index in [9.17, 15) is 13.2 Å². The van der Waals surface area contributed by atoms with Gasteiger partial charge in [0.1, 0.15) is 5.75 Å². The summed E-state index contributed by atoms with van der Waals surface area (Å²) in [7, 11) is -3.51. The second kappa shape index (κ2) is 6.17. The third-order valence-corrected chi connectivity index (χ3v) is 4.70. The van der Waals surface area contributed by atoms with Crippen LogP contribution in [0.3, 0.4) is 0 Å². The summed E-state index contributed by atoms with van der Waals surface area (Å²) in [6, 6.07) is 6.49. The number of hydrogen-bond donors (Lipinski definition) is 2. The van der Waals surface area contributed by atoms with Gasteiger partial charge >= 0.3 is 0 Å². The number of benzene rings is 1. The maximum absolute atomic E-state index is 11.7. The van der Waals surface area contributed by atoms with E-state index < -0.39 is 26.7 Å². The Balaban J connectivity index is 2.68. The zero-order valence-corrected chi connectivity index (χ0v) is 11.5. The highest BCUT2D eigenvalue weighted by Crippen LogP contribution is 2.15. The minimum absolute atomic E-state index is 0.00716. The molecule has 1 aromatic rings. The molecular weight excluding hydrogens is 276 g/mol. The van der Waals surface area contributed by atoms with E-state index in [1.165, 1.54) is 6.92 Å². The standard InChI is InChI=1S/C11H15ClN2O3S/c1-8(6-13)18(16,17)7-11(15)14-10-4-2-3-9(12)5-10/h2-5,8H,6-7,13H2,1H3,(H,14,15). The Hall–Kier alpha value is -1.11. The molecule has 0 radical (unpaired) electrons. The average molecular weight is 291 g/mol. The summed E-state index contributed by atoms with van der Waals surface area (Å²) in [6.07, 6.45) is 0. The van der Waals surface area contributed by atoms with E-state index in [-0.39, 0.29) is 6.54 Å². The Morgan fingerprint density at radius 3 is 2.72 bits per heavy atom. The van der Waals surface area contributed by atoms with Crippen LogP contribution in [0.2, 0.25) is 5.02 Å². The fourth-order valence-electron chi connectivity index (χ4n) is 1.23. The van der Waals surface area contributed by atoms with Crippen molar-refractivity contribution < 1.29 is 13.2 Å². The van der Waals surface area contributed by atoms with E-state index in [0.29, 0.717) is 10.7 Å². The van der Waals surface area contributed by atoms with Gasteiger partial charge in [-0.15, -0.1) is 0 Å². The van der Waals surface area contributed by atoms with Crippen molar-refractivity contribution in [2.24, 2.45) is 5.73 Å². The Morgan fingerprint density at radius 2 is 2.17 bits per heavy atom. The summed E-state index contributed by atoms with van der Waals surface area (Å²) in [5.41, 5.74) is 5.74. The van der Waals surface area contributed by atoms with Crippen LogP contribution in [0.15, 0.2) is 24.3 Å². The van der Waals surface area contributed by atoms with E-state index in [2.05, 4.69) is 5.32 Å². The number of hydrogen-bond acceptors (Lipinski definition) is 4. The number of sulfone groups is 1. The summed E-state index contributed by atoms with van der Waals surface area (Å²) in [4.78, 5) is 11.6. The van der Waals surface area contributed by atoms with Gasteiger partial charge in [-0.2, -0.15) is 0 Å². The molecule has 3 N–H and O–H groups in total. The van der Waals surface area contributed by atoms with Crippen LogP contribution in [0, 0.1) is 0 Å². The quantitative estimate of drug-likeness (QED) is 0.848. The number of nitrogens with two attached hydrogens (primary N) is 1. The molecular formula is C11H15ClN2O3S. The van der Waals surface area contributed by atoms with Gasteiger partial charge in [0.2, 0.25) is 5.91 Å². The molecule has 0 spiro atoms. The van der Waals surface area contributed by atoms with Crippen molar-refractivity contribution in [3.63, 3.8) is 0 Å². The molecule has 0 heterocycles. The van der Waals surface area contributed by atoms with E-state index in [1.807, 2.05) is 0 Å². The maximum atomic E-state index is 11.7. The largest absolute Gasteiger partial charge is 0.329 e. The van der Waals surface area contributed by atoms with Crippen molar-refractivity contribution in [3.8, 4) is 0 Å². The second-order valence-corrected chi connectivity index (χ2v) is 6.77. The average Bonchev–Trinajstić information content (AvgIpc) is 2.26. The van der Waals surface area contributed by atoms with Gasteiger partial charge in [0.15, 0.2) is 9.84 Å². The van der Waals surface area contributed by atoms with Crippen LogP contribution in [0.5, 0.6) is 0 Å². The van der Waals surface area contributed by atoms with Gasteiger partial charge in [-0.3, -0.25) is 4.79 Å². The first-order chi connectivity index (χ1) is 8.35. The molecule has 1 atom stereocenters. The van der Waals surface area contributed by atoms with Gasteiger partial charge < -0.3 is 11.1 Å². The molecule has 0 aliphatic carbocycles. The van der Waals surface area contributed by atoms with Gasteiger partial charge in [-0.05, 0) is 25.1 Å². The predicted octanol–water partition coefficient (Wildman–Crippen LogP) is 1.04. The molecule has 7 heteroatoms. The molecule has 18 heavy (non-hydrogen) atoms. The van der Waals surface area contributed by atoms with E-state index in [0.717, 1.165) is 0 Å². The monoisotopic (exact) mass is 290 g/mol. The lowest BCUT2D eigenvalue weighted by Gasteiger charge is -2.10. The number of rotatable bonds is 5. The van der Waals surface area contributed by atoms with Crippen LogP contribution < -0.4 is 11.1 Å². The van der Waals surface area contributed by atoms with Crippen molar-refractivity contribution in [2.45, 2.75) is 12.2 Å². The molecule has 1 aromatic carbocycles. The number of halogens is 1. The Bertz CT molecular complexity index is 531. The van der Waals surface area contributed by atoms with Crippen LogP contribution in [-0.4, -0.2) is 31.9 Å². The molecule has 1 amide bonds. The summed E-state index contributed by atoms with van der Waals surface area (Å²) in [5, 5.41) is 2.20. The molecule has 100 valence electrons. The number of carbonyl (C=O) groups excluding carboxylic acids is 1. The van der Waals surface area contributed by atoms with Gasteiger partial charge in [-0.1, -0.05) is 17.7 Å². The summed E-state index contributed by atoms with van der Waals surface area (Å²) >= 11 is 5.75. The van der Waals surface area contributed by atoms with Crippen molar-refractivity contribution in [1.29, 1.82) is 0 Å². The van der Waals surface area contributed by atoms with Gasteiger partial charge in [0.05, 0.1) is 5.25 Å². The van der Waals surface area contributed by atoms with Crippen molar-refractivity contribution in [1.82, 2.24) is 0 Å². The van der Waals surface area contributed by atoms with Gasteiger partial charge in [0.25, 0.3) is 0 Å². The highest BCUT2D eigenvalue weighted by atomic mass is 35.5. The van der Waals surface area contributed by atoms with Crippen LogP contribution in [0.4, 0.5) is 5.69 Å². The van der Waals surface area contributed by atoms with Gasteiger partial charge in [0, 0.05) is 17.3 Å². The van der Waals surface area contributed by atoms with E-state index in [4.69, 9.17) is 17.3 Å². The topological polar surface area (TPSA) is 89.3 Å². The highest BCUT2D eigenvalue weighted by molar-refractivity contribution is 7.92. The molecule has 5 nitrogen and oxygen atoms in total. The first kappa shape index (κ1) is 14.9. The van der Waals surface area contributed by atoms with E-state index in [1.54, 1.807) is 24.3 Å². The first-order valence-corrected chi connectivity index (χ1v) is 7.41. The molecule has 0 aliphatic rings. The SMILES string of the molecule is CC(CN)S(=O)(=O)CC(=O)Nc1cccc(Cl)c1. The summed E-state index contributed by atoms with van der Waals surface area (Å²) < 4.78 is 23.3. The van der Waals surface area contributed by atoms with E-state index >= 15 is 0 Å². The molecule has 1 unspecified atom stereocenters. The lowest BCUT2D eigenvalue weighted by molar-refractivity contribution is -0.113. The fraction of sp³-hybridized carbons (Fsp3) is 0.364. The van der Waals surface area contributed by atoms with Crippen molar-refractivity contribution in [3.05, 3.63) is 29.3 Å². The summed E-state index contributed by atoms with van der Waals surface area (Å²) in [6.45, 7) is 1.47. The molecule has 1 rings (SSSR count). The van der Waals surface area contributed by atoms with Crippen LogP contribution >= 0.6 is 11.6 Å². The molecule has 0 saturated carbocycles. The molecule has 0 aliphatic heterocycles. The number of amides is 1. The lowest BCUT2D eigenvalue weighted by Crippen LogP contribution is -2.33. The van der Waals surface area contributed by atoms with Crippen molar-refractivity contribution >= 4 is 33.0 Å². The summed E-state index contributed by atoms with van der Waals surface area (Å²) in [5.74, 6) is -1.18. The molecule has 0 aromatic heterocycles. The lowest BCUT2D eigenvalue weighted by atomic mass is 10.3. The minimum Gasteiger partial charge on any atom is -0.329 e. The number of anilines is 1. The molecule has 0 bridgehead atoms. The molecule has 0 saturated heterocycles. The molecule has 0 fully saturated rings. The fourth-order valence-corrected chi connectivity index (χ4v) is 2.44. The first-order valence-electron chi connectivity index (χ1n) is 5.32. The minimum atomic E-state index is -3.51. The van der Waals surface area contributed by atoms with Crippen molar-refractivity contribution in [2.75, 3.05) is 17.6 Å². The zero-order valence-electron chi connectivity index (χ0n) is 9.89. The Morgan fingerprint density at radius 1 is 1.50 bits per heavy atom. The second-order valence-electron chi connectivity index (χ2n) is 3.91.